The molecule has 0 aliphatic carbocycles. The molecule has 0 aromatic heterocycles. The highest BCUT2D eigenvalue weighted by Gasteiger charge is 2.33. The van der Waals surface area contributed by atoms with Gasteiger partial charge < -0.3 is 0 Å². The normalized spacial score (nSPS) is 18.8. The van der Waals surface area contributed by atoms with Gasteiger partial charge in [-0.3, -0.25) is 0 Å². The summed E-state index contributed by atoms with van der Waals surface area (Å²) in [4.78, 5) is 17.8. The third-order valence-corrected chi connectivity index (χ3v) is 2.06. The summed E-state index contributed by atoms with van der Waals surface area (Å²) in [6.45, 7) is 6.45. The fourth-order valence-electron chi connectivity index (χ4n) is 0.454. The minimum atomic E-state index is -1.27. The number of rotatable bonds is 7. The Kier molecular flexibility index (Phi) is 8.07. The van der Waals surface area contributed by atoms with Gasteiger partial charge in [0.15, 0.2) is 0 Å². The van der Waals surface area contributed by atoms with E-state index >= 15 is 0 Å². The summed E-state index contributed by atoms with van der Waals surface area (Å²) in [5, 5.41) is 17.0. The highest BCUT2D eigenvalue weighted by molar-refractivity contribution is 4.57. The Labute approximate surface area is 88.6 Å². The summed E-state index contributed by atoms with van der Waals surface area (Å²) in [6.07, 6.45) is 0.740. The van der Waals surface area contributed by atoms with E-state index in [0.29, 0.717) is 12.8 Å². The van der Waals surface area contributed by atoms with Gasteiger partial charge in [0.2, 0.25) is 11.6 Å². The monoisotopic (exact) mass is 226 g/mol. The van der Waals surface area contributed by atoms with Gasteiger partial charge in [0.05, 0.1) is 0 Å². The van der Waals surface area contributed by atoms with Crippen LogP contribution in [0.2, 0.25) is 0 Å². The SMILES string of the molecule is CCC(C)(OO)OOC(C)(CC)OO.[O]. The van der Waals surface area contributed by atoms with Crippen molar-refractivity contribution in [3.05, 3.63) is 0 Å². The van der Waals surface area contributed by atoms with E-state index in [2.05, 4.69) is 9.78 Å². The molecule has 0 amide bonds. The Balaban J connectivity index is 0. The molecule has 0 heterocycles. The van der Waals surface area contributed by atoms with Crippen molar-refractivity contribution in [2.75, 3.05) is 0 Å². The molecule has 0 aliphatic heterocycles. The molecule has 0 spiro atoms. The van der Waals surface area contributed by atoms with Crippen LogP contribution in [0.4, 0.5) is 0 Å². The highest BCUT2D eigenvalue weighted by atomic mass is 17.3. The molecule has 2 unspecified atom stereocenters. The van der Waals surface area contributed by atoms with E-state index in [4.69, 9.17) is 20.3 Å². The summed E-state index contributed by atoms with van der Waals surface area (Å²) >= 11 is 0. The van der Waals surface area contributed by atoms with Gasteiger partial charge in [-0.25, -0.2) is 20.3 Å². The molecule has 7 heteroatoms. The van der Waals surface area contributed by atoms with Gasteiger partial charge in [-0.15, -0.1) is 0 Å². The molecule has 0 fully saturated rings. The Morgan fingerprint density at radius 3 is 1.27 bits per heavy atom. The van der Waals surface area contributed by atoms with Gasteiger partial charge in [0, 0.05) is 18.3 Å². The van der Waals surface area contributed by atoms with Crippen LogP contribution in [-0.2, 0) is 25.0 Å². The summed E-state index contributed by atoms with van der Waals surface area (Å²) in [5.74, 6) is -2.54. The Hall–Kier alpha value is -0.280. The molecule has 0 saturated carbocycles. The van der Waals surface area contributed by atoms with Crippen LogP contribution in [0.1, 0.15) is 40.5 Å². The van der Waals surface area contributed by atoms with Crippen LogP contribution in [0.25, 0.3) is 0 Å². The summed E-state index contributed by atoms with van der Waals surface area (Å²) in [7, 11) is 0. The van der Waals surface area contributed by atoms with Gasteiger partial charge in [0.1, 0.15) is 0 Å². The van der Waals surface area contributed by atoms with Crippen molar-refractivity contribution < 1.29 is 35.5 Å². The van der Waals surface area contributed by atoms with Crippen LogP contribution in [0.3, 0.4) is 0 Å². The summed E-state index contributed by atoms with van der Waals surface area (Å²) < 4.78 is 0. The van der Waals surface area contributed by atoms with Crippen LogP contribution >= 0.6 is 0 Å². The molecule has 2 atom stereocenters. The average molecular weight is 226 g/mol. The molecule has 0 bridgehead atoms. The zero-order chi connectivity index (χ0) is 11.2. The van der Waals surface area contributed by atoms with Gasteiger partial charge in [-0.05, 0) is 13.8 Å². The lowest BCUT2D eigenvalue weighted by molar-refractivity contribution is -0.566. The first-order chi connectivity index (χ1) is 6.45. The Morgan fingerprint density at radius 2 is 1.13 bits per heavy atom. The maximum absolute atomic E-state index is 8.52. The van der Waals surface area contributed by atoms with Crippen molar-refractivity contribution in [3.8, 4) is 0 Å². The molecule has 92 valence electrons. The van der Waals surface area contributed by atoms with Crippen LogP contribution in [0.5, 0.6) is 0 Å². The van der Waals surface area contributed by atoms with Crippen LogP contribution in [0.15, 0.2) is 0 Å². The lowest BCUT2D eigenvalue weighted by Gasteiger charge is -2.29. The summed E-state index contributed by atoms with van der Waals surface area (Å²) in [5.41, 5.74) is 0. The van der Waals surface area contributed by atoms with Crippen molar-refractivity contribution in [3.63, 3.8) is 0 Å². The molecule has 7 nitrogen and oxygen atoms in total. The largest absolute Gasteiger partial charge is 0.249 e. The van der Waals surface area contributed by atoms with Gasteiger partial charge in [0.25, 0.3) is 0 Å². The second kappa shape index (κ2) is 7.07. The Morgan fingerprint density at radius 1 is 0.867 bits per heavy atom. The zero-order valence-corrected chi connectivity index (χ0v) is 9.35. The molecule has 0 aliphatic rings. The molecule has 2 N–H and O–H groups in total. The molecule has 0 aromatic carbocycles. The smallest absolute Gasteiger partial charge is 0.230 e. The first kappa shape index (κ1) is 17.1. The quantitative estimate of drug-likeness (QED) is 0.391. The maximum Gasteiger partial charge on any atom is 0.230 e. The van der Waals surface area contributed by atoms with Crippen molar-refractivity contribution in [1.29, 1.82) is 0 Å². The fraction of sp³-hybridized carbons (Fsp3) is 1.00. The molecule has 0 aromatic rings. The van der Waals surface area contributed by atoms with Gasteiger partial charge in [-0.1, -0.05) is 13.8 Å². The average Bonchev–Trinajstić information content (AvgIpc) is 2.25. The zero-order valence-electron chi connectivity index (χ0n) is 9.35. The fourth-order valence-corrected chi connectivity index (χ4v) is 0.454. The Bertz CT molecular complexity index is 135. The second-order valence-electron chi connectivity index (χ2n) is 3.32. The minimum absolute atomic E-state index is 0. The minimum Gasteiger partial charge on any atom is -0.249 e. The van der Waals surface area contributed by atoms with E-state index < -0.39 is 11.6 Å². The first-order valence-electron chi connectivity index (χ1n) is 4.47. The third-order valence-electron chi connectivity index (χ3n) is 2.06. The van der Waals surface area contributed by atoms with E-state index in [1.165, 1.54) is 13.8 Å². The van der Waals surface area contributed by atoms with E-state index in [1.54, 1.807) is 13.8 Å². The van der Waals surface area contributed by atoms with E-state index in [-0.39, 0.29) is 5.48 Å². The van der Waals surface area contributed by atoms with E-state index in [1.807, 2.05) is 0 Å². The third kappa shape index (κ3) is 5.38. The van der Waals surface area contributed by atoms with Crippen molar-refractivity contribution >= 4 is 0 Å². The molecular weight excluding hydrogens is 208 g/mol. The van der Waals surface area contributed by atoms with Crippen LogP contribution < -0.4 is 0 Å². The lowest BCUT2D eigenvalue weighted by atomic mass is 10.2. The number of hydrogen-bond donors (Lipinski definition) is 2. The van der Waals surface area contributed by atoms with Crippen molar-refractivity contribution in [2.45, 2.75) is 52.1 Å². The topological polar surface area (TPSA) is 106 Å². The first-order valence-corrected chi connectivity index (χ1v) is 4.47. The number of hydrogen-bond acceptors (Lipinski definition) is 6. The standard InChI is InChI=1S/C8H18O6.O/c1-5-7(3,11-9)13-14-8(4,6-2)12-10;/h9-10H,5-6H2,1-4H3;. The molecule has 2 radical (unpaired) electrons. The second-order valence-corrected chi connectivity index (χ2v) is 3.32. The van der Waals surface area contributed by atoms with E-state index in [0.717, 1.165) is 0 Å². The molecule has 15 heavy (non-hydrogen) atoms. The molecule has 0 saturated heterocycles. The lowest BCUT2D eigenvalue weighted by Crippen LogP contribution is -2.38. The van der Waals surface area contributed by atoms with Crippen molar-refractivity contribution in [1.82, 2.24) is 0 Å². The summed E-state index contributed by atoms with van der Waals surface area (Å²) in [6, 6.07) is 0. The highest BCUT2D eigenvalue weighted by Crippen LogP contribution is 2.22. The molecule has 0 rings (SSSR count). The van der Waals surface area contributed by atoms with Crippen LogP contribution in [0, 0.1) is 0 Å². The van der Waals surface area contributed by atoms with Gasteiger partial charge >= 0.3 is 0 Å². The van der Waals surface area contributed by atoms with Crippen molar-refractivity contribution in [2.24, 2.45) is 0 Å². The predicted molar refractivity (Wildman–Crippen MR) is 47.7 cm³/mol. The van der Waals surface area contributed by atoms with Crippen LogP contribution in [-0.4, -0.2) is 22.1 Å². The van der Waals surface area contributed by atoms with Gasteiger partial charge in [-0.2, -0.15) is 9.78 Å². The van der Waals surface area contributed by atoms with E-state index in [9.17, 15) is 0 Å². The predicted octanol–water partition coefficient (Wildman–Crippen LogP) is 2.05. The molecular formula is C8H18O7. The maximum atomic E-state index is 8.52.